The summed E-state index contributed by atoms with van der Waals surface area (Å²) in [7, 11) is 0. The Balaban J connectivity index is 1.44. The summed E-state index contributed by atoms with van der Waals surface area (Å²) < 4.78 is 0. The number of rotatable bonds is 3. The highest BCUT2D eigenvalue weighted by Gasteiger charge is 2.23. The molecule has 1 aromatic carbocycles. The Kier molecular flexibility index (Phi) is 4.45. The Labute approximate surface area is 156 Å². The van der Waals surface area contributed by atoms with Crippen LogP contribution in [-0.2, 0) is 4.79 Å². The maximum atomic E-state index is 11.6. The first-order valence-corrected chi connectivity index (χ1v) is 8.82. The van der Waals surface area contributed by atoms with Crippen molar-refractivity contribution in [2.75, 3.05) is 36.0 Å². The molecule has 3 amide bonds. The zero-order chi connectivity index (χ0) is 18.8. The SMILES string of the molecule is Cc1ccc(N2CCN(c3nccc(C=C4NC(=O)NC4=O)n3)CC2)cc1. The smallest absolute Gasteiger partial charge is 0.326 e. The summed E-state index contributed by atoms with van der Waals surface area (Å²) >= 11 is 0. The largest absolute Gasteiger partial charge is 0.368 e. The number of carbonyl (C=O) groups is 2. The first-order valence-electron chi connectivity index (χ1n) is 8.82. The summed E-state index contributed by atoms with van der Waals surface area (Å²) in [5.74, 6) is 0.171. The van der Waals surface area contributed by atoms with Crippen LogP contribution in [0.25, 0.3) is 6.08 Å². The molecule has 27 heavy (non-hydrogen) atoms. The van der Waals surface area contributed by atoms with Gasteiger partial charge in [0, 0.05) is 38.1 Å². The number of amides is 3. The van der Waals surface area contributed by atoms with E-state index in [9.17, 15) is 9.59 Å². The first-order chi connectivity index (χ1) is 13.1. The van der Waals surface area contributed by atoms with Gasteiger partial charge in [0.2, 0.25) is 5.95 Å². The van der Waals surface area contributed by atoms with Gasteiger partial charge in [-0.05, 0) is 31.2 Å². The molecule has 8 heteroatoms. The van der Waals surface area contributed by atoms with Gasteiger partial charge in [0.25, 0.3) is 5.91 Å². The number of aromatic nitrogens is 2. The minimum atomic E-state index is -0.521. The minimum absolute atomic E-state index is 0.189. The van der Waals surface area contributed by atoms with Gasteiger partial charge in [0.05, 0.1) is 5.69 Å². The van der Waals surface area contributed by atoms with Crippen LogP contribution in [0.5, 0.6) is 0 Å². The van der Waals surface area contributed by atoms with Gasteiger partial charge < -0.3 is 15.1 Å². The van der Waals surface area contributed by atoms with Gasteiger partial charge in [-0.2, -0.15) is 0 Å². The molecule has 0 spiro atoms. The van der Waals surface area contributed by atoms with E-state index in [0.29, 0.717) is 11.6 Å². The predicted octanol–water partition coefficient (Wildman–Crippen LogP) is 1.29. The van der Waals surface area contributed by atoms with Crippen molar-refractivity contribution in [3.63, 3.8) is 0 Å². The van der Waals surface area contributed by atoms with Crippen LogP contribution in [0, 0.1) is 6.92 Å². The highest BCUT2D eigenvalue weighted by atomic mass is 16.2. The van der Waals surface area contributed by atoms with E-state index < -0.39 is 11.9 Å². The molecule has 1 aromatic heterocycles. The number of nitrogens with zero attached hydrogens (tertiary/aromatic N) is 4. The maximum absolute atomic E-state index is 11.6. The molecule has 4 rings (SSSR count). The van der Waals surface area contributed by atoms with E-state index in [0.717, 1.165) is 26.2 Å². The number of benzene rings is 1. The van der Waals surface area contributed by atoms with Crippen molar-refractivity contribution in [2.45, 2.75) is 6.92 Å². The van der Waals surface area contributed by atoms with Gasteiger partial charge in [-0.1, -0.05) is 17.7 Å². The summed E-state index contributed by atoms with van der Waals surface area (Å²) in [6, 6.07) is 9.73. The predicted molar refractivity (Wildman–Crippen MR) is 102 cm³/mol. The van der Waals surface area contributed by atoms with Gasteiger partial charge in [0.1, 0.15) is 5.70 Å². The number of aryl methyl sites for hydroxylation is 1. The van der Waals surface area contributed by atoms with Crippen LogP contribution in [-0.4, -0.2) is 48.1 Å². The molecule has 0 atom stereocenters. The average Bonchev–Trinajstić information content (AvgIpc) is 3.00. The van der Waals surface area contributed by atoms with Gasteiger partial charge in [-0.15, -0.1) is 0 Å². The van der Waals surface area contributed by atoms with Gasteiger partial charge >= 0.3 is 6.03 Å². The lowest BCUT2D eigenvalue weighted by atomic mass is 10.2. The average molecular weight is 364 g/mol. The van der Waals surface area contributed by atoms with Crippen molar-refractivity contribution < 1.29 is 9.59 Å². The lowest BCUT2D eigenvalue weighted by Crippen LogP contribution is -2.47. The summed E-state index contributed by atoms with van der Waals surface area (Å²) in [5.41, 5.74) is 3.24. The number of urea groups is 1. The Hall–Kier alpha value is -3.42. The van der Waals surface area contributed by atoms with E-state index in [1.165, 1.54) is 11.3 Å². The molecule has 2 aliphatic heterocycles. The van der Waals surface area contributed by atoms with Gasteiger partial charge in [-0.3, -0.25) is 10.1 Å². The molecule has 2 N–H and O–H groups in total. The van der Waals surface area contributed by atoms with Crippen molar-refractivity contribution in [1.82, 2.24) is 20.6 Å². The molecular weight excluding hydrogens is 344 g/mol. The summed E-state index contributed by atoms with van der Waals surface area (Å²) in [6.45, 7) is 5.48. The Morgan fingerprint density at radius 3 is 2.33 bits per heavy atom. The fourth-order valence-electron chi connectivity index (χ4n) is 3.15. The molecule has 2 aliphatic rings. The van der Waals surface area contributed by atoms with Crippen LogP contribution in [0.3, 0.4) is 0 Å². The molecule has 0 unspecified atom stereocenters. The van der Waals surface area contributed by atoms with E-state index in [4.69, 9.17) is 0 Å². The van der Waals surface area contributed by atoms with Gasteiger partial charge in [0.15, 0.2) is 0 Å². The fourth-order valence-corrected chi connectivity index (χ4v) is 3.15. The first kappa shape index (κ1) is 17.0. The molecule has 2 saturated heterocycles. The number of imide groups is 1. The zero-order valence-electron chi connectivity index (χ0n) is 15.0. The number of hydrogen-bond acceptors (Lipinski definition) is 6. The third kappa shape index (κ3) is 3.74. The Morgan fingerprint density at radius 2 is 1.67 bits per heavy atom. The molecule has 0 aliphatic carbocycles. The van der Waals surface area contributed by atoms with Crippen molar-refractivity contribution >= 4 is 29.7 Å². The molecule has 2 fully saturated rings. The van der Waals surface area contributed by atoms with Crippen LogP contribution >= 0.6 is 0 Å². The number of piperazine rings is 1. The Morgan fingerprint density at radius 1 is 0.963 bits per heavy atom. The van der Waals surface area contributed by atoms with Crippen molar-refractivity contribution in [3.8, 4) is 0 Å². The second-order valence-electron chi connectivity index (χ2n) is 6.56. The molecule has 8 nitrogen and oxygen atoms in total. The number of anilines is 2. The minimum Gasteiger partial charge on any atom is -0.368 e. The normalized spacial score (nSPS) is 18.6. The van der Waals surface area contributed by atoms with E-state index in [1.54, 1.807) is 18.3 Å². The third-order valence-corrected chi connectivity index (χ3v) is 4.64. The topological polar surface area (TPSA) is 90.5 Å². The van der Waals surface area contributed by atoms with Crippen LogP contribution in [0.4, 0.5) is 16.4 Å². The highest BCUT2D eigenvalue weighted by molar-refractivity contribution is 6.13. The van der Waals surface area contributed by atoms with Crippen LogP contribution < -0.4 is 20.4 Å². The van der Waals surface area contributed by atoms with E-state index in [1.807, 2.05) is 0 Å². The number of carbonyl (C=O) groups excluding carboxylic acids is 2. The molecule has 2 aromatic rings. The molecule has 0 radical (unpaired) electrons. The van der Waals surface area contributed by atoms with Crippen LogP contribution in [0.2, 0.25) is 0 Å². The molecule has 138 valence electrons. The third-order valence-electron chi connectivity index (χ3n) is 4.64. The van der Waals surface area contributed by atoms with Crippen molar-refractivity contribution in [3.05, 3.63) is 53.5 Å². The number of hydrogen-bond donors (Lipinski definition) is 2. The van der Waals surface area contributed by atoms with E-state index in [-0.39, 0.29) is 5.70 Å². The van der Waals surface area contributed by atoms with Crippen molar-refractivity contribution in [1.29, 1.82) is 0 Å². The fraction of sp³-hybridized carbons (Fsp3) is 0.263. The monoisotopic (exact) mass is 364 g/mol. The summed E-state index contributed by atoms with van der Waals surface area (Å²) in [6.07, 6.45) is 3.21. The second-order valence-corrected chi connectivity index (χ2v) is 6.56. The standard InChI is InChI=1S/C19H20N6O2/c1-13-2-4-15(5-3-13)24-8-10-25(11-9-24)18-20-7-6-14(21-18)12-16-17(26)23-19(27)22-16/h2-7,12H,8-11H2,1H3,(H2,22,23,26,27). The molecular formula is C19H20N6O2. The van der Waals surface area contributed by atoms with Crippen molar-refractivity contribution in [2.24, 2.45) is 0 Å². The van der Waals surface area contributed by atoms with Crippen LogP contribution in [0.1, 0.15) is 11.3 Å². The zero-order valence-corrected chi connectivity index (χ0v) is 15.0. The quantitative estimate of drug-likeness (QED) is 0.630. The van der Waals surface area contributed by atoms with E-state index in [2.05, 4.69) is 61.6 Å². The second kappa shape index (κ2) is 7.06. The lowest BCUT2D eigenvalue weighted by Gasteiger charge is -2.36. The Bertz CT molecular complexity index is 901. The van der Waals surface area contributed by atoms with E-state index >= 15 is 0 Å². The molecule has 0 bridgehead atoms. The lowest BCUT2D eigenvalue weighted by molar-refractivity contribution is -0.115. The highest BCUT2D eigenvalue weighted by Crippen LogP contribution is 2.19. The maximum Gasteiger partial charge on any atom is 0.326 e. The molecule has 0 saturated carbocycles. The summed E-state index contributed by atoms with van der Waals surface area (Å²) in [5, 5.41) is 4.63. The number of nitrogens with one attached hydrogen (secondary N) is 2. The van der Waals surface area contributed by atoms with Gasteiger partial charge in [-0.25, -0.2) is 14.8 Å². The van der Waals surface area contributed by atoms with Crippen LogP contribution in [0.15, 0.2) is 42.2 Å². The molecule has 3 heterocycles. The summed E-state index contributed by atoms with van der Waals surface area (Å²) in [4.78, 5) is 36.2.